The van der Waals surface area contributed by atoms with E-state index in [0.29, 0.717) is 17.5 Å². The number of carbonyl (C=O) groups excluding carboxylic acids is 3. The minimum Gasteiger partial charge on any atom is -0.508 e. The van der Waals surface area contributed by atoms with Crippen LogP contribution in [-0.2, 0) is 19.8 Å². The number of hydrogen-bond donors (Lipinski definition) is 6. The zero-order valence-corrected chi connectivity index (χ0v) is 21.1. The molecular weight excluding hydrogens is 500 g/mol. The first-order valence-electron chi connectivity index (χ1n) is 12.2. The summed E-state index contributed by atoms with van der Waals surface area (Å²) in [5, 5.41) is 66.7. The van der Waals surface area contributed by atoms with Crippen molar-refractivity contribution in [2.45, 2.75) is 63.1 Å². The number of hydrogen-bond acceptors (Lipinski definition) is 10. The van der Waals surface area contributed by atoms with Crippen LogP contribution in [-0.4, -0.2) is 66.2 Å². The Bertz CT molecular complexity index is 1340. The molecule has 3 aliphatic carbocycles. The Hall–Kier alpha value is -3.77. The number of aliphatic hydroxyl groups is 4. The Balaban J connectivity index is 1.90. The number of nitro groups is 1. The highest BCUT2D eigenvalue weighted by Crippen LogP contribution is 2.56. The third kappa shape index (κ3) is 3.70. The van der Waals surface area contributed by atoms with Crippen molar-refractivity contribution in [3.63, 3.8) is 0 Å². The number of phenols is 1. The number of rotatable bonds is 6. The quantitative estimate of drug-likeness (QED) is 0.176. The van der Waals surface area contributed by atoms with Gasteiger partial charge in [0.05, 0.1) is 11.7 Å². The van der Waals surface area contributed by atoms with E-state index < -0.39 is 86.4 Å². The number of benzene rings is 1. The number of nitrogens with zero attached hydrogens (tertiary/aromatic N) is 1. The zero-order valence-electron chi connectivity index (χ0n) is 21.1. The Kier molecular flexibility index (Phi) is 6.40. The summed E-state index contributed by atoms with van der Waals surface area (Å²) in [6.45, 7) is 4.92. The molecule has 5 atom stereocenters. The van der Waals surface area contributed by atoms with Gasteiger partial charge in [0.2, 0.25) is 12.3 Å². The summed E-state index contributed by atoms with van der Waals surface area (Å²) in [5.41, 5.74) is 0.775. The lowest BCUT2D eigenvalue weighted by molar-refractivity contribution is -0.480. The molecular formula is C26H30N2O10. The molecule has 0 radical (unpaired) electrons. The second-order valence-corrected chi connectivity index (χ2v) is 11.0. The van der Waals surface area contributed by atoms with Gasteiger partial charge in [-0.1, -0.05) is 32.9 Å². The van der Waals surface area contributed by atoms with E-state index in [9.17, 15) is 50.0 Å². The Morgan fingerprint density at radius 1 is 1.24 bits per heavy atom. The first kappa shape index (κ1) is 27.3. The van der Waals surface area contributed by atoms with Crippen LogP contribution in [0.3, 0.4) is 0 Å². The minimum absolute atomic E-state index is 0.100. The molecule has 3 aliphatic rings. The third-order valence-corrected chi connectivity index (χ3v) is 8.37. The first-order valence-corrected chi connectivity index (χ1v) is 12.2. The van der Waals surface area contributed by atoms with Crippen LogP contribution in [0.15, 0.2) is 29.0 Å². The molecule has 12 nitrogen and oxygen atoms in total. The van der Waals surface area contributed by atoms with Gasteiger partial charge in [-0.2, -0.15) is 0 Å². The highest BCUT2D eigenvalue weighted by Gasteiger charge is 2.65. The lowest BCUT2D eigenvalue weighted by atomic mass is 9.55. The summed E-state index contributed by atoms with van der Waals surface area (Å²) in [5.74, 6) is -9.16. The standard InChI is InChI=1S/C26H30N2O10/c1-10-11-5-6-12(25(2,3)7-4-8-28(37)38)19(30)16(11)21(32)18-15(10)20(31)13-9-14(29)17(24(27)35)22(33)26(13,36)23(18)34/h5-6,10,13,15,20,30-33,36H,4,7-9H2,1-3H3,(H2,27,35)/t10-,13+,15+,20+,26+/m0/s1. The summed E-state index contributed by atoms with van der Waals surface area (Å²) in [4.78, 5) is 48.3. The minimum atomic E-state index is -2.90. The van der Waals surface area contributed by atoms with E-state index in [2.05, 4.69) is 0 Å². The van der Waals surface area contributed by atoms with E-state index in [-0.39, 0.29) is 24.3 Å². The number of phenolic OH excluding ortho intramolecular Hbond substituents is 1. The average molecular weight is 531 g/mol. The van der Waals surface area contributed by atoms with Crippen LogP contribution in [0.4, 0.5) is 0 Å². The van der Waals surface area contributed by atoms with Gasteiger partial charge in [-0.05, 0) is 23.3 Å². The molecule has 0 unspecified atom stereocenters. The molecule has 0 aliphatic heterocycles. The van der Waals surface area contributed by atoms with Crippen LogP contribution >= 0.6 is 0 Å². The van der Waals surface area contributed by atoms with Crippen molar-refractivity contribution >= 4 is 23.2 Å². The number of carbonyl (C=O) groups is 3. The van der Waals surface area contributed by atoms with Crippen LogP contribution < -0.4 is 5.73 Å². The molecule has 204 valence electrons. The molecule has 0 spiro atoms. The van der Waals surface area contributed by atoms with E-state index >= 15 is 0 Å². The zero-order chi connectivity index (χ0) is 28.5. The predicted molar refractivity (Wildman–Crippen MR) is 132 cm³/mol. The van der Waals surface area contributed by atoms with Crippen molar-refractivity contribution < 1.29 is 44.8 Å². The van der Waals surface area contributed by atoms with Crippen molar-refractivity contribution in [3.8, 4) is 5.75 Å². The van der Waals surface area contributed by atoms with Gasteiger partial charge in [0.15, 0.2) is 11.4 Å². The van der Waals surface area contributed by atoms with Crippen LogP contribution in [0.5, 0.6) is 5.75 Å². The molecule has 1 fully saturated rings. The van der Waals surface area contributed by atoms with Crippen molar-refractivity contribution in [2.24, 2.45) is 17.6 Å². The molecule has 12 heteroatoms. The van der Waals surface area contributed by atoms with E-state index in [1.807, 2.05) is 0 Å². The SMILES string of the molecule is C[C@H]1c2ccc(C(C)(C)CCC[N+](=O)[O-])c(O)c2C(O)=C2C(=O)[C@]3(O)C(O)=C(C(N)=O)C(=O)C[C@@H]3[C@@H](O)[C@@H]21. The molecule has 0 bridgehead atoms. The molecule has 0 heterocycles. The largest absolute Gasteiger partial charge is 0.508 e. The summed E-state index contributed by atoms with van der Waals surface area (Å²) < 4.78 is 0. The molecule has 38 heavy (non-hydrogen) atoms. The lowest BCUT2D eigenvalue weighted by Gasteiger charge is -2.50. The van der Waals surface area contributed by atoms with Gasteiger partial charge in [0.1, 0.15) is 22.8 Å². The van der Waals surface area contributed by atoms with Gasteiger partial charge >= 0.3 is 0 Å². The number of Topliss-reactive ketones (excluding diaryl/α,β-unsaturated/α-hetero) is 2. The van der Waals surface area contributed by atoms with Gasteiger partial charge < -0.3 is 31.3 Å². The predicted octanol–water partition coefficient (Wildman–Crippen LogP) is 1.29. The second-order valence-electron chi connectivity index (χ2n) is 11.0. The first-order chi connectivity index (χ1) is 17.6. The van der Waals surface area contributed by atoms with Gasteiger partial charge in [0.25, 0.3) is 5.91 Å². The van der Waals surface area contributed by atoms with Crippen molar-refractivity contribution in [1.29, 1.82) is 0 Å². The van der Waals surface area contributed by atoms with Gasteiger partial charge in [-0.15, -0.1) is 0 Å². The molecule has 4 rings (SSSR count). The maximum Gasteiger partial charge on any atom is 0.255 e. The summed E-state index contributed by atoms with van der Waals surface area (Å²) in [7, 11) is 0. The van der Waals surface area contributed by atoms with Crippen LogP contribution in [0.2, 0.25) is 0 Å². The smallest absolute Gasteiger partial charge is 0.255 e. The average Bonchev–Trinajstić information content (AvgIpc) is 2.81. The van der Waals surface area contributed by atoms with Crippen molar-refractivity contribution in [2.75, 3.05) is 6.54 Å². The topological polar surface area (TPSA) is 222 Å². The molecule has 1 aromatic rings. The molecule has 0 saturated heterocycles. The molecule has 1 aromatic carbocycles. The molecule has 0 aromatic heterocycles. The highest BCUT2D eigenvalue weighted by molar-refractivity contribution is 6.23. The number of fused-ring (bicyclic) bond motifs is 3. The maximum absolute atomic E-state index is 13.7. The number of ketones is 2. The molecule has 7 N–H and O–H groups in total. The van der Waals surface area contributed by atoms with E-state index in [0.717, 1.165) is 0 Å². The lowest BCUT2D eigenvalue weighted by Crippen LogP contribution is -2.63. The Morgan fingerprint density at radius 2 is 1.87 bits per heavy atom. The van der Waals surface area contributed by atoms with E-state index in [1.54, 1.807) is 32.9 Å². The number of aromatic hydroxyl groups is 1. The number of primary amides is 1. The molecule has 1 amide bonds. The number of nitrogens with two attached hydrogens (primary N) is 1. The Labute approximate surface area is 217 Å². The van der Waals surface area contributed by atoms with Gasteiger partial charge in [-0.3, -0.25) is 24.5 Å². The van der Waals surface area contributed by atoms with Crippen LogP contribution in [0.25, 0.3) is 5.76 Å². The second kappa shape index (κ2) is 8.91. The van der Waals surface area contributed by atoms with E-state index in [1.165, 1.54) is 0 Å². The fourth-order valence-corrected chi connectivity index (χ4v) is 6.33. The van der Waals surface area contributed by atoms with E-state index in [4.69, 9.17) is 5.73 Å². The van der Waals surface area contributed by atoms with Crippen LogP contribution in [0, 0.1) is 22.0 Å². The summed E-state index contributed by atoms with van der Waals surface area (Å²) in [6.07, 6.45) is -1.68. The summed E-state index contributed by atoms with van der Waals surface area (Å²) >= 11 is 0. The summed E-state index contributed by atoms with van der Waals surface area (Å²) in [6, 6.07) is 3.25. The van der Waals surface area contributed by atoms with Crippen molar-refractivity contribution in [3.05, 3.63) is 55.8 Å². The highest BCUT2D eigenvalue weighted by atomic mass is 16.6. The van der Waals surface area contributed by atoms with Gasteiger partial charge in [0, 0.05) is 40.7 Å². The third-order valence-electron chi connectivity index (χ3n) is 8.37. The number of amides is 1. The Morgan fingerprint density at radius 3 is 2.45 bits per heavy atom. The fraction of sp³-hybridized carbons (Fsp3) is 0.500. The monoisotopic (exact) mass is 530 g/mol. The fourth-order valence-electron chi connectivity index (χ4n) is 6.33. The molecule has 1 saturated carbocycles. The van der Waals surface area contributed by atoms with Gasteiger partial charge in [-0.25, -0.2) is 0 Å². The van der Waals surface area contributed by atoms with Crippen LogP contribution in [0.1, 0.15) is 62.6 Å². The maximum atomic E-state index is 13.7. The number of aliphatic hydroxyl groups excluding tert-OH is 3. The van der Waals surface area contributed by atoms with Crippen molar-refractivity contribution in [1.82, 2.24) is 0 Å². The normalized spacial score (nSPS) is 29.1.